The van der Waals surface area contributed by atoms with Crippen molar-refractivity contribution in [1.82, 2.24) is 9.88 Å². The maximum atomic E-state index is 13.1. The first kappa shape index (κ1) is 21.6. The summed E-state index contributed by atoms with van der Waals surface area (Å²) in [6, 6.07) is 16.5. The molecule has 0 bridgehead atoms. The molecule has 162 valence electrons. The van der Waals surface area contributed by atoms with Crippen LogP contribution in [0, 0.1) is 0 Å². The molecule has 32 heavy (non-hydrogen) atoms. The van der Waals surface area contributed by atoms with E-state index in [1.165, 1.54) is 4.90 Å². The van der Waals surface area contributed by atoms with Crippen molar-refractivity contribution >= 4 is 29.1 Å². The monoisotopic (exact) mass is 448 g/mol. The predicted octanol–water partition coefficient (Wildman–Crippen LogP) is 4.76. The van der Waals surface area contributed by atoms with Crippen molar-refractivity contribution in [2.45, 2.75) is 19.5 Å². The van der Waals surface area contributed by atoms with Gasteiger partial charge in [0.1, 0.15) is 11.5 Å². The van der Waals surface area contributed by atoms with Gasteiger partial charge in [-0.2, -0.15) is 0 Å². The Morgan fingerprint density at radius 1 is 1.12 bits per heavy atom. The Kier molecular flexibility index (Phi) is 6.23. The molecule has 4 rings (SSSR count). The van der Waals surface area contributed by atoms with E-state index in [1.807, 2.05) is 13.0 Å². The van der Waals surface area contributed by atoms with Gasteiger partial charge in [-0.25, -0.2) is 0 Å². The van der Waals surface area contributed by atoms with E-state index in [4.69, 9.17) is 16.3 Å². The highest BCUT2D eigenvalue weighted by Crippen LogP contribution is 2.40. The molecule has 1 N–H and O–H groups in total. The van der Waals surface area contributed by atoms with E-state index < -0.39 is 17.7 Å². The Labute approximate surface area is 190 Å². The minimum atomic E-state index is -0.775. The molecule has 0 saturated carbocycles. The summed E-state index contributed by atoms with van der Waals surface area (Å²) in [5.74, 6) is -1.12. The summed E-state index contributed by atoms with van der Waals surface area (Å²) in [4.78, 5) is 31.7. The molecule has 1 aliphatic heterocycles. The minimum Gasteiger partial charge on any atom is -0.507 e. The van der Waals surface area contributed by atoms with E-state index in [0.29, 0.717) is 28.5 Å². The molecule has 1 saturated heterocycles. The van der Waals surface area contributed by atoms with Crippen molar-refractivity contribution < 1.29 is 19.4 Å². The molecule has 2 aromatic carbocycles. The number of ether oxygens (including phenoxy) is 1. The molecule has 1 aromatic heterocycles. The number of halogens is 1. The highest BCUT2D eigenvalue weighted by Gasteiger charge is 2.46. The Morgan fingerprint density at radius 2 is 1.91 bits per heavy atom. The van der Waals surface area contributed by atoms with Crippen LogP contribution in [0.1, 0.15) is 29.7 Å². The van der Waals surface area contributed by atoms with Crippen LogP contribution in [0.5, 0.6) is 5.75 Å². The number of aliphatic hydroxyl groups is 1. The van der Waals surface area contributed by atoms with Crippen molar-refractivity contribution in [3.63, 3.8) is 0 Å². The smallest absolute Gasteiger partial charge is 0.295 e. The Morgan fingerprint density at radius 3 is 2.59 bits per heavy atom. The number of aromatic nitrogens is 1. The molecular weight excluding hydrogens is 428 g/mol. The summed E-state index contributed by atoms with van der Waals surface area (Å²) in [6.07, 6.45) is 3.28. The van der Waals surface area contributed by atoms with E-state index in [2.05, 4.69) is 4.98 Å². The summed E-state index contributed by atoms with van der Waals surface area (Å²) < 4.78 is 5.51. The van der Waals surface area contributed by atoms with Crippen LogP contribution >= 0.6 is 11.6 Å². The molecule has 1 amide bonds. The average molecular weight is 449 g/mol. The number of amides is 1. The number of hydrogen-bond acceptors (Lipinski definition) is 5. The lowest BCUT2D eigenvalue weighted by Gasteiger charge is -2.25. The van der Waals surface area contributed by atoms with Gasteiger partial charge in [-0.15, -0.1) is 0 Å². The van der Waals surface area contributed by atoms with Crippen molar-refractivity contribution in [2.75, 3.05) is 6.61 Å². The minimum absolute atomic E-state index is 0.0230. The highest BCUT2D eigenvalue weighted by atomic mass is 35.5. The van der Waals surface area contributed by atoms with Crippen molar-refractivity contribution in [2.24, 2.45) is 0 Å². The number of carbonyl (C=O) groups is 2. The number of hydrogen-bond donors (Lipinski definition) is 1. The second-order valence-electron chi connectivity index (χ2n) is 7.30. The molecule has 3 aromatic rings. The van der Waals surface area contributed by atoms with Crippen LogP contribution in [-0.4, -0.2) is 33.3 Å². The fourth-order valence-corrected chi connectivity index (χ4v) is 3.90. The Hall–Kier alpha value is -3.64. The predicted molar refractivity (Wildman–Crippen MR) is 121 cm³/mol. The zero-order chi connectivity index (χ0) is 22.7. The summed E-state index contributed by atoms with van der Waals surface area (Å²) in [7, 11) is 0. The van der Waals surface area contributed by atoms with Gasteiger partial charge in [0.15, 0.2) is 0 Å². The molecule has 0 aliphatic carbocycles. The van der Waals surface area contributed by atoms with Crippen LogP contribution < -0.4 is 4.74 Å². The van der Waals surface area contributed by atoms with Gasteiger partial charge in [-0.3, -0.25) is 14.6 Å². The van der Waals surface area contributed by atoms with Gasteiger partial charge in [0.2, 0.25) is 0 Å². The molecule has 1 unspecified atom stereocenters. The van der Waals surface area contributed by atoms with Crippen LogP contribution in [0.25, 0.3) is 5.76 Å². The molecule has 1 aliphatic rings. The molecule has 1 fully saturated rings. The summed E-state index contributed by atoms with van der Waals surface area (Å²) in [5.41, 5.74) is 1.86. The first-order chi connectivity index (χ1) is 15.5. The van der Waals surface area contributed by atoms with E-state index in [1.54, 1.807) is 67.0 Å². The van der Waals surface area contributed by atoms with Crippen LogP contribution in [0.3, 0.4) is 0 Å². The van der Waals surface area contributed by atoms with Crippen molar-refractivity contribution in [1.29, 1.82) is 0 Å². The lowest BCUT2D eigenvalue weighted by Crippen LogP contribution is -2.29. The van der Waals surface area contributed by atoms with E-state index >= 15 is 0 Å². The van der Waals surface area contributed by atoms with Gasteiger partial charge >= 0.3 is 0 Å². The molecule has 1 atom stereocenters. The number of ketones is 1. The zero-order valence-corrected chi connectivity index (χ0v) is 18.1. The molecular formula is C25H21ClN2O4. The number of rotatable bonds is 6. The molecule has 7 heteroatoms. The Bertz CT molecular complexity index is 1180. The first-order valence-corrected chi connectivity index (χ1v) is 10.5. The first-order valence-electron chi connectivity index (χ1n) is 10.2. The Balaban J connectivity index is 1.84. The van der Waals surface area contributed by atoms with Gasteiger partial charge in [-0.1, -0.05) is 41.9 Å². The van der Waals surface area contributed by atoms with Crippen molar-refractivity contribution in [3.8, 4) is 5.75 Å². The lowest BCUT2D eigenvalue weighted by molar-refractivity contribution is -0.140. The quantitative estimate of drug-likeness (QED) is 0.334. The lowest BCUT2D eigenvalue weighted by atomic mass is 9.95. The van der Waals surface area contributed by atoms with E-state index in [-0.39, 0.29) is 17.9 Å². The fourth-order valence-electron chi connectivity index (χ4n) is 3.78. The standard InChI is InChI=1S/C25H21ClN2O4/c1-2-32-20-7-3-6-18(13-20)23(29)21-22(17-8-10-19(26)11-9-17)28(25(31)24(21)30)15-16-5-4-12-27-14-16/h3-14,22,29H,2,15H2,1H3. The van der Waals surface area contributed by atoms with E-state index in [0.717, 1.165) is 5.56 Å². The second-order valence-corrected chi connectivity index (χ2v) is 7.74. The number of aliphatic hydroxyl groups excluding tert-OH is 1. The van der Waals surface area contributed by atoms with Crippen LogP contribution in [0.2, 0.25) is 5.02 Å². The summed E-state index contributed by atoms with van der Waals surface area (Å²) >= 11 is 6.05. The maximum absolute atomic E-state index is 13.1. The third kappa shape index (κ3) is 4.22. The topological polar surface area (TPSA) is 79.7 Å². The number of Topliss-reactive ketones (excluding diaryl/α,β-unsaturated/α-hetero) is 1. The van der Waals surface area contributed by atoms with Crippen molar-refractivity contribution in [3.05, 3.63) is 100 Å². The highest BCUT2D eigenvalue weighted by molar-refractivity contribution is 6.46. The number of pyridine rings is 1. The maximum Gasteiger partial charge on any atom is 0.295 e. The fraction of sp³-hybridized carbons (Fsp3) is 0.160. The van der Waals surface area contributed by atoms with Crippen LogP contribution in [-0.2, 0) is 16.1 Å². The summed E-state index contributed by atoms with van der Waals surface area (Å²) in [6.45, 7) is 2.49. The van der Waals surface area contributed by atoms with Gasteiger partial charge in [0.05, 0.1) is 18.2 Å². The van der Waals surface area contributed by atoms with Gasteiger partial charge in [0.25, 0.3) is 11.7 Å². The molecule has 0 spiro atoms. The molecule has 6 nitrogen and oxygen atoms in total. The number of carbonyl (C=O) groups excluding carboxylic acids is 2. The third-order valence-electron chi connectivity index (χ3n) is 5.22. The van der Waals surface area contributed by atoms with Gasteiger partial charge < -0.3 is 14.7 Å². The normalized spacial score (nSPS) is 17.6. The number of likely N-dealkylation sites (tertiary alicyclic amines) is 1. The number of benzene rings is 2. The largest absolute Gasteiger partial charge is 0.507 e. The molecule has 0 radical (unpaired) electrons. The average Bonchev–Trinajstić information content (AvgIpc) is 3.05. The van der Waals surface area contributed by atoms with Crippen LogP contribution in [0.15, 0.2) is 78.6 Å². The molecule has 2 heterocycles. The van der Waals surface area contributed by atoms with E-state index in [9.17, 15) is 14.7 Å². The third-order valence-corrected chi connectivity index (χ3v) is 5.47. The number of nitrogens with zero attached hydrogens (tertiary/aromatic N) is 2. The van der Waals surface area contributed by atoms with Crippen LogP contribution in [0.4, 0.5) is 0 Å². The van der Waals surface area contributed by atoms with Gasteiger partial charge in [-0.05, 0) is 48.4 Å². The van der Waals surface area contributed by atoms with Gasteiger partial charge in [0, 0.05) is 29.5 Å². The summed E-state index contributed by atoms with van der Waals surface area (Å²) in [5, 5.41) is 11.7. The second kappa shape index (κ2) is 9.24. The SMILES string of the molecule is CCOc1cccc(C(O)=C2C(=O)C(=O)N(Cc3cccnc3)C2c2ccc(Cl)cc2)c1. The zero-order valence-electron chi connectivity index (χ0n) is 17.4.